The fraction of sp³-hybridized carbons (Fsp3) is 0.433. The minimum atomic E-state index is -2.66. The Morgan fingerprint density at radius 1 is 1.12 bits per heavy atom. The molecule has 2 aromatic rings. The number of aromatic hydroxyl groups is 1. The number of furan rings is 1. The number of benzene rings is 1. The Morgan fingerprint density at radius 3 is 2.49 bits per heavy atom. The number of likely N-dealkylation sites (tertiary alicyclic amines) is 1. The molecule has 216 valence electrons. The molecule has 3 aliphatic carbocycles. The van der Waals surface area contributed by atoms with E-state index in [0.29, 0.717) is 23.4 Å². The molecule has 1 saturated heterocycles. The molecule has 1 aromatic heterocycles. The lowest BCUT2D eigenvalue weighted by molar-refractivity contribution is -0.153. The summed E-state index contributed by atoms with van der Waals surface area (Å²) in [5.74, 6) is -5.41. The Balaban J connectivity index is 1.46. The van der Waals surface area contributed by atoms with Gasteiger partial charge in [0.15, 0.2) is 11.4 Å². The summed E-state index contributed by atoms with van der Waals surface area (Å²) in [6, 6.07) is 5.72. The van der Waals surface area contributed by atoms with Crippen molar-refractivity contribution in [1.82, 2.24) is 9.80 Å². The largest absolute Gasteiger partial charge is 0.508 e. The first-order chi connectivity index (χ1) is 19.4. The monoisotopic (exact) mass is 563 g/mol. The Hall–Kier alpha value is -3.93. The van der Waals surface area contributed by atoms with Crippen molar-refractivity contribution in [2.75, 3.05) is 27.2 Å². The van der Waals surface area contributed by atoms with E-state index in [1.54, 1.807) is 20.2 Å². The topological polar surface area (TPSA) is 178 Å². The summed E-state index contributed by atoms with van der Waals surface area (Å²) >= 11 is 0. The molecule has 11 nitrogen and oxygen atoms in total. The van der Waals surface area contributed by atoms with Crippen molar-refractivity contribution in [2.24, 2.45) is 17.6 Å². The normalized spacial score (nSPS) is 28.2. The van der Waals surface area contributed by atoms with Gasteiger partial charge in [-0.1, -0.05) is 0 Å². The number of phenolic OH excluding ortho intramolecular Hbond substituents is 1. The zero-order valence-corrected chi connectivity index (χ0v) is 22.9. The molecule has 1 aromatic carbocycles. The highest BCUT2D eigenvalue weighted by atomic mass is 16.4. The molecule has 4 aliphatic rings. The number of Topliss-reactive ketones (excluding diaryl/α,β-unsaturated/α-hetero) is 2. The Morgan fingerprint density at radius 2 is 1.83 bits per heavy atom. The molecule has 1 unspecified atom stereocenters. The predicted molar refractivity (Wildman–Crippen MR) is 146 cm³/mol. The highest BCUT2D eigenvalue weighted by Gasteiger charge is 2.64. The van der Waals surface area contributed by atoms with Crippen LogP contribution in [0.25, 0.3) is 17.1 Å². The number of aliphatic hydroxyl groups is 3. The molecule has 0 spiro atoms. The highest BCUT2D eigenvalue weighted by molar-refractivity contribution is 6.24. The number of nitrogens with zero attached hydrogens (tertiary/aromatic N) is 2. The van der Waals surface area contributed by atoms with Gasteiger partial charge in [-0.3, -0.25) is 24.2 Å². The first-order valence-electron chi connectivity index (χ1n) is 13.8. The molecule has 0 radical (unpaired) electrons. The van der Waals surface area contributed by atoms with Crippen LogP contribution in [-0.2, 0) is 27.3 Å². The zero-order chi connectivity index (χ0) is 29.4. The number of hydrogen-bond donors (Lipinski definition) is 5. The van der Waals surface area contributed by atoms with Gasteiger partial charge in [0.2, 0.25) is 5.78 Å². The van der Waals surface area contributed by atoms with Crippen LogP contribution in [0.5, 0.6) is 5.75 Å². The van der Waals surface area contributed by atoms with E-state index >= 15 is 0 Å². The molecule has 1 amide bonds. The van der Waals surface area contributed by atoms with Crippen molar-refractivity contribution in [1.29, 1.82) is 0 Å². The van der Waals surface area contributed by atoms with Crippen LogP contribution < -0.4 is 5.73 Å². The second kappa shape index (κ2) is 9.57. The number of nitrogens with two attached hydrogens (primary N) is 1. The van der Waals surface area contributed by atoms with Crippen LogP contribution in [0.15, 0.2) is 45.6 Å². The maximum absolute atomic E-state index is 14.0. The Kier molecular flexibility index (Phi) is 6.36. The zero-order valence-electron chi connectivity index (χ0n) is 22.9. The second-order valence-electron chi connectivity index (χ2n) is 11.7. The molecule has 2 heterocycles. The minimum absolute atomic E-state index is 0.0270. The van der Waals surface area contributed by atoms with E-state index in [1.807, 2.05) is 12.1 Å². The quantitative estimate of drug-likeness (QED) is 0.337. The van der Waals surface area contributed by atoms with Gasteiger partial charge >= 0.3 is 0 Å². The molecule has 2 fully saturated rings. The number of ketones is 2. The van der Waals surface area contributed by atoms with Gasteiger partial charge in [-0.05, 0) is 88.6 Å². The van der Waals surface area contributed by atoms with Crippen LogP contribution in [0.3, 0.4) is 0 Å². The van der Waals surface area contributed by atoms with Crippen molar-refractivity contribution < 1.29 is 39.2 Å². The van der Waals surface area contributed by atoms with Crippen molar-refractivity contribution in [3.05, 3.63) is 58.1 Å². The van der Waals surface area contributed by atoms with E-state index in [4.69, 9.17) is 10.2 Å². The number of hydrogen-bond acceptors (Lipinski definition) is 10. The molecule has 41 heavy (non-hydrogen) atoms. The summed E-state index contributed by atoms with van der Waals surface area (Å²) in [6.45, 7) is 2.70. The SMILES string of the molecule is CN(C)C1C(=O)C(C(N)=O)=C(O)[C@@]2(O)C(=O)C3=C(O)c4c(O)ccc(-c5ccc(CN6CCCC6)o5)c4C[C@H]3C[C@@H]12. The maximum atomic E-state index is 14.0. The number of amides is 1. The molecule has 6 N–H and O–H groups in total. The standard InChI is InChI=1S/C30H33N3O8/c1-32(2)24-18-12-14-11-17-16(20-8-5-15(41-20)13-33-9-3-4-10-33)6-7-19(34)22(17)25(35)21(14)27(37)30(18,40)28(38)23(26(24)36)29(31)39/h5-8,14,18,24,34-35,38,40H,3-4,9-13H2,1-2H3,(H2,31,39)/t14-,18-,24?,30-/m0/s1. The van der Waals surface area contributed by atoms with E-state index in [1.165, 1.54) is 11.0 Å². The van der Waals surface area contributed by atoms with Crippen LogP contribution in [0, 0.1) is 11.8 Å². The molecule has 11 heteroatoms. The second-order valence-corrected chi connectivity index (χ2v) is 11.7. The van der Waals surface area contributed by atoms with Gasteiger partial charge in [0, 0.05) is 17.1 Å². The van der Waals surface area contributed by atoms with Gasteiger partial charge < -0.3 is 30.6 Å². The van der Waals surface area contributed by atoms with Crippen molar-refractivity contribution in [2.45, 2.75) is 43.9 Å². The van der Waals surface area contributed by atoms with Gasteiger partial charge in [0.25, 0.3) is 5.91 Å². The molecule has 0 bridgehead atoms. The predicted octanol–water partition coefficient (Wildman–Crippen LogP) is 1.82. The molecular weight excluding hydrogens is 530 g/mol. The first-order valence-corrected chi connectivity index (χ1v) is 13.8. The van der Waals surface area contributed by atoms with Crippen LogP contribution in [-0.4, -0.2) is 86.5 Å². The van der Waals surface area contributed by atoms with Crippen molar-refractivity contribution >= 4 is 23.2 Å². The molecule has 4 atom stereocenters. The molecule has 1 saturated carbocycles. The summed E-state index contributed by atoms with van der Waals surface area (Å²) in [6.07, 6.45) is 2.53. The molecule has 6 rings (SSSR count). The first kappa shape index (κ1) is 27.3. The lowest BCUT2D eigenvalue weighted by Crippen LogP contribution is -2.65. The number of likely N-dealkylation sites (N-methyl/N-ethyl adjacent to an activating group) is 1. The van der Waals surface area contributed by atoms with Gasteiger partial charge in [0.1, 0.15) is 34.4 Å². The fourth-order valence-corrected chi connectivity index (χ4v) is 7.24. The van der Waals surface area contributed by atoms with Crippen LogP contribution >= 0.6 is 0 Å². The number of aliphatic hydroxyl groups excluding tert-OH is 2. The Bertz CT molecular complexity index is 1550. The third-order valence-corrected chi connectivity index (χ3v) is 9.11. The van der Waals surface area contributed by atoms with Crippen molar-refractivity contribution in [3.63, 3.8) is 0 Å². The Labute approximate surface area is 236 Å². The smallest absolute Gasteiger partial charge is 0.255 e. The number of carbonyl (C=O) groups is 3. The number of phenols is 1. The fourth-order valence-electron chi connectivity index (χ4n) is 7.24. The van der Waals surface area contributed by atoms with Gasteiger partial charge in [-0.2, -0.15) is 0 Å². The van der Waals surface area contributed by atoms with E-state index < -0.39 is 58.0 Å². The summed E-state index contributed by atoms with van der Waals surface area (Å²) in [7, 11) is 3.14. The van der Waals surface area contributed by atoms with Crippen LogP contribution in [0.2, 0.25) is 0 Å². The van der Waals surface area contributed by atoms with E-state index in [0.717, 1.165) is 31.7 Å². The van der Waals surface area contributed by atoms with E-state index in [9.17, 15) is 34.8 Å². The van der Waals surface area contributed by atoms with Crippen molar-refractivity contribution in [3.8, 4) is 17.1 Å². The average Bonchev–Trinajstić information content (AvgIpc) is 3.59. The third kappa shape index (κ3) is 3.94. The summed E-state index contributed by atoms with van der Waals surface area (Å²) in [5, 5.41) is 45.0. The summed E-state index contributed by atoms with van der Waals surface area (Å²) in [5.41, 5.74) is 2.95. The number of rotatable bonds is 5. The van der Waals surface area contributed by atoms with Crippen LogP contribution in [0.1, 0.15) is 36.1 Å². The summed E-state index contributed by atoms with van der Waals surface area (Å²) < 4.78 is 6.18. The van der Waals surface area contributed by atoms with Crippen LogP contribution in [0.4, 0.5) is 0 Å². The maximum Gasteiger partial charge on any atom is 0.255 e. The number of primary amides is 1. The number of carbonyl (C=O) groups excluding carboxylic acids is 3. The van der Waals surface area contributed by atoms with E-state index in [2.05, 4.69) is 4.90 Å². The van der Waals surface area contributed by atoms with Gasteiger partial charge in [-0.25, -0.2) is 0 Å². The summed E-state index contributed by atoms with van der Waals surface area (Å²) in [4.78, 5) is 43.2. The highest BCUT2D eigenvalue weighted by Crippen LogP contribution is 2.53. The molecule has 1 aliphatic heterocycles. The number of fused-ring (bicyclic) bond motifs is 3. The third-order valence-electron chi connectivity index (χ3n) is 9.11. The minimum Gasteiger partial charge on any atom is -0.508 e. The lowest BCUT2D eigenvalue weighted by atomic mass is 9.57. The lowest BCUT2D eigenvalue weighted by Gasteiger charge is -2.50. The van der Waals surface area contributed by atoms with E-state index in [-0.39, 0.29) is 29.7 Å². The van der Waals surface area contributed by atoms with Gasteiger partial charge in [-0.15, -0.1) is 0 Å². The average molecular weight is 564 g/mol. The van der Waals surface area contributed by atoms with Gasteiger partial charge in [0.05, 0.1) is 18.2 Å². The molecular formula is C30H33N3O8.